The zero-order valence-electron chi connectivity index (χ0n) is 53.7. The number of H-pyrrole nitrogens is 3. The van der Waals surface area contributed by atoms with Crippen molar-refractivity contribution in [3.8, 4) is 51.4 Å². The van der Waals surface area contributed by atoms with Gasteiger partial charge in [-0.2, -0.15) is 15.3 Å². The Kier molecular flexibility index (Phi) is 16.9. The predicted octanol–water partition coefficient (Wildman–Crippen LogP) is 10.0. The van der Waals surface area contributed by atoms with Crippen LogP contribution in [0.15, 0.2) is 85.7 Å². The van der Waals surface area contributed by atoms with Gasteiger partial charge in [-0.15, -0.1) is 0 Å². The summed E-state index contributed by atoms with van der Waals surface area (Å²) in [5.74, 6) is 1.86. The molecule has 494 valence electrons. The molecule has 0 unspecified atom stereocenters. The van der Waals surface area contributed by atoms with Gasteiger partial charge in [-0.3, -0.25) is 9.80 Å². The highest BCUT2D eigenvalue weighted by Crippen LogP contribution is 2.42. The van der Waals surface area contributed by atoms with Crippen LogP contribution in [0, 0.1) is 0 Å². The second kappa shape index (κ2) is 25.9. The fraction of sp³-hybridized carbons (Fsp3) is 0.426. The molecule has 9 aromatic heterocycles. The highest BCUT2D eigenvalue weighted by molar-refractivity contribution is 6.35. The molecule has 5 aliphatic rings. The molecule has 3 aliphatic heterocycles. The Morgan fingerprint density at radius 3 is 1.32 bits per heavy atom. The molecule has 12 heterocycles. The minimum atomic E-state index is 0.119. The number of likely N-dealkylation sites (N-methyl/N-ethyl adjacent to an activating group) is 1. The highest BCUT2D eigenvalue weighted by Gasteiger charge is 2.34. The number of halogens is 1. The van der Waals surface area contributed by atoms with Crippen LogP contribution in [-0.4, -0.2) is 200 Å². The molecule has 0 radical (unpaired) electrons. The lowest BCUT2D eigenvalue weighted by molar-refractivity contribution is 0.00520. The van der Waals surface area contributed by atoms with Crippen molar-refractivity contribution < 1.29 is 20.1 Å². The molecular weight excluding hydrogens is 1220 g/mol. The lowest BCUT2D eigenvalue weighted by atomic mass is 9.90. The van der Waals surface area contributed by atoms with E-state index in [1.807, 2.05) is 35.0 Å². The van der Waals surface area contributed by atoms with E-state index in [0.29, 0.717) is 52.3 Å². The summed E-state index contributed by atoms with van der Waals surface area (Å²) < 4.78 is 11.7. The van der Waals surface area contributed by atoms with Gasteiger partial charge in [-0.05, 0) is 146 Å². The Morgan fingerprint density at radius 1 is 0.463 bits per heavy atom. The third-order valence-electron chi connectivity index (χ3n) is 20.4. The summed E-state index contributed by atoms with van der Waals surface area (Å²) in [6.07, 6.45) is 15.5. The molecular formula is C68H81ClN22O4. The Labute approximate surface area is 552 Å². The molecule has 12 aromatic rings. The molecule has 3 aromatic carbocycles. The van der Waals surface area contributed by atoms with Crippen LogP contribution in [0.2, 0.25) is 5.02 Å². The van der Waals surface area contributed by atoms with E-state index in [0.717, 1.165) is 198 Å². The quantitative estimate of drug-likeness (QED) is 0.0648. The van der Waals surface area contributed by atoms with Crippen LogP contribution >= 0.6 is 11.6 Å². The molecule has 2 aliphatic carbocycles. The van der Waals surface area contributed by atoms with Crippen molar-refractivity contribution in [3.63, 3.8) is 0 Å². The molecule has 5 fully saturated rings. The van der Waals surface area contributed by atoms with Gasteiger partial charge in [0.05, 0.1) is 75.1 Å². The first-order valence-corrected chi connectivity index (χ1v) is 33.6. The van der Waals surface area contributed by atoms with E-state index >= 15 is 0 Å². The van der Waals surface area contributed by atoms with Gasteiger partial charge in [-0.1, -0.05) is 11.6 Å². The smallest absolute Gasteiger partial charge is 0.164 e. The van der Waals surface area contributed by atoms with Crippen molar-refractivity contribution in [1.82, 2.24) is 93.8 Å². The van der Waals surface area contributed by atoms with Gasteiger partial charge in [0.2, 0.25) is 0 Å². The summed E-state index contributed by atoms with van der Waals surface area (Å²) in [7, 11) is 2.21. The number of nitrogens with one attached hydrogen (secondary N) is 3. The number of rotatable bonds is 9. The second-order valence-electron chi connectivity index (χ2n) is 26.5. The maximum atomic E-state index is 9.88. The number of anilines is 3. The Morgan fingerprint density at radius 2 is 0.863 bits per heavy atom. The van der Waals surface area contributed by atoms with Crippen LogP contribution in [0.25, 0.3) is 100.0 Å². The highest BCUT2D eigenvalue weighted by atomic mass is 35.5. The lowest BCUT2D eigenvalue weighted by Gasteiger charge is -2.41. The first-order valence-electron chi connectivity index (χ1n) is 33.3. The third-order valence-corrected chi connectivity index (χ3v) is 20.7. The van der Waals surface area contributed by atoms with E-state index in [9.17, 15) is 15.3 Å². The molecule has 0 spiro atoms. The molecule has 95 heavy (non-hydrogen) atoms. The van der Waals surface area contributed by atoms with Crippen LogP contribution in [-0.2, 0) is 4.74 Å². The van der Waals surface area contributed by atoms with Crippen LogP contribution in [0.3, 0.4) is 0 Å². The van der Waals surface area contributed by atoms with Gasteiger partial charge in [0, 0.05) is 104 Å². The number of phenols is 3. The molecule has 0 bridgehead atoms. The van der Waals surface area contributed by atoms with E-state index in [1.54, 1.807) is 30.3 Å². The Hall–Kier alpha value is -9.18. The maximum absolute atomic E-state index is 9.88. The largest absolute Gasteiger partial charge is 0.508 e. The van der Waals surface area contributed by atoms with Crippen molar-refractivity contribution in [3.05, 3.63) is 90.7 Å². The normalized spacial score (nSPS) is 20.7. The van der Waals surface area contributed by atoms with Crippen molar-refractivity contribution >= 4 is 94.9 Å². The topological polar surface area (TPSA) is 339 Å². The molecule has 0 amide bonds. The first-order chi connectivity index (χ1) is 46.2. The van der Waals surface area contributed by atoms with Gasteiger partial charge in [-0.25, -0.2) is 43.9 Å². The molecule has 0 atom stereocenters. The average Bonchev–Trinajstić information content (AvgIpc) is 1.62. The van der Waals surface area contributed by atoms with Gasteiger partial charge in [0.25, 0.3) is 0 Å². The van der Waals surface area contributed by atoms with Crippen molar-refractivity contribution in [1.29, 1.82) is 0 Å². The average molecular weight is 1310 g/mol. The standard InChI is InChI=1S/C24H30N8O.C23H27N7O2.C21H24ClN7O/c1-30-8-10-31(11-9-30)16-2-4-17(5-3-16)32-24-21(23(25)26-14-27-24)22(29-32)20-13-15-12-18(33)6-7-19(15)28-20;24-22-20-21(19-12-14-11-17(31)5-6-18(14)27-19)28-30(23(20)26-13-25-22)16-3-1-15(2-4-16)29-7-9-32-10-8-29;1-11(2)28-5-3-13(4-6-28)29-21-17(20(23)24-10-25-21)19(27-29)16-8-12-7-14(30)9-15(22)18(12)26-16/h6-7,12-14,16-17,28,33H,2-5,8-11H2,1H3,(H2,25,26,27);5-6,11-13,15-16,27,31H,1-4,7-10H2,(H2,24,25,26);7-11,13,26,30H,3-6H2,1-2H3,(H2,23,24,25). The fourth-order valence-electron chi connectivity index (χ4n) is 15.2. The number of nitrogens with two attached hydrogens (primary N) is 3. The Bertz CT molecular complexity index is 4740. The van der Waals surface area contributed by atoms with E-state index in [2.05, 4.69) is 94.7 Å². The van der Waals surface area contributed by atoms with Gasteiger partial charge in [0.1, 0.15) is 70.8 Å². The molecule has 26 nitrogen and oxygen atoms in total. The summed E-state index contributed by atoms with van der Waals surface area (Å²) in [5.41, 5.74) is 28.5. The van der Waals surface area contributed by atoms with E-state index < -0.39 is 0 Å². The number of nitrogen functional groups attached to an aromatic ring is 3. The number of ether oxygens (including phenoxy) is 1. The van der Waals surface area contributed by atoms with Gasteiger partial charge < -0.3 is 62.0 Å². The number of morpholine rings is 1. The maximum Gasteiger partial charge on any atom is 0.164 e. The number of hydrogen-bond acceptors (Lipinski definition) is 20. The molecule has 12 N–H and O–H groups in total. The summed E-state index contributed by atoms with van der Waals surface area (Å²) >= 11 is 6.31. The van der Waals surface area contributed by atoms with Gasteiger partial charge in [0.15, 0.2) is 16.9 Å². The number of nitrogens with zero attached hydrogens (tertiary/aromatic N) is 16. The molecule has 3 saturated heterocycles. The summed E-state index contributed by atoms with van der Waals surface area (Å²) in [5, 5.41) is 49.9. The minimum Gasteiger partial charge on any atom is -0.508 e. The SMILES string of the molecule is CC(C)N1CCC(n2nc(-c3cc4cc(O)cc(Cl)c4[nH]3)c3c(N)ncnc32)CC1.CN1CCN(C2CCC(n3nc(-c4cc5cc(O)ccc5[nH]4)c4c(N)ncnc43)CC2)CC1.Nc1ncnc2c1c(-c1cc3cc(O)ccc3[nH]1)nn2C1CCC(N2CCOCC2)CC1. The number of fused-ring (bicyclic) bond motifs is 6. The van der Waals surface area contributed by atoms with Crippen LogP contribution in [0.4, 0.5) is 17.5 Å². The van der Waals surface area contributed by atoms with E-state index in [1.165, 1.54) is 51.0 Å². The predicted molar refractivity (Wildman–Crippen MR) is 370 cm³/mol. The molecule has 27 heteroatoms. The number of phenolic OH excluding ortho intramolecular Hbond substituents is 3. The summed E-state index contributed by atoms with van der Waals surface area (Å²) in [4.78, 5) is 46.7. The Balaban J connectivity index is 0.000000117. The molecule has 2 saturated carbocycles. The first kappa shape index (κ1) is 62.0. The number of piperidine rings is 1. The zero-order chi connectivity index (χ0) is 65.2. The zero-order valence-corrected chi connectivity index (χ0v) is 54.5. The number of hydrogen-bond donors (Lipinski definition) is 9. The van der Waals surface area contributed by atoms with Crippen molar-refractivity contribution in [2.24, 2.45) is 0 Å². The number of aromatic nitrogens is 15. The number of aromatic amines is 3. The van der Waals surface area contributed by atoms with Crippen molar-refractivity contribution in [2.75, 3.05) is 89.8 Å². The van der Waals surface area contributed by atoms with E-state index in [-0.39, 0.29) is 29.3 Å². The minimum absolute atomic E-state index is 0.119. The van der Waals surface area contributed by atoms with Crippen LogP contribution < -0.4 is 17.2 Å². The monoisotopic (exact) mass is 1300 g/mol. The third kappa shape index (κ3) is 12.2. The van der Waals surface area contributed by atoms with Crippen LogP contribution in [0.1, 0.15) is 96.2 Å². The second-order valence-corrected chi connectivity index (χ2v) is 26.9. The van der Waals surface area contributed by atoms with Crippen molar-refractivity contribution in [2.45, 2.75) is 114 Å². The van der Waals surface area contributed by atoms with Gasteiger partial charge >= 0.3 is 0 Å². The fourth-order valence-corrected chi connectivity index (χ4v) is 15.5. The summed E-state index contributed by atoms with van der Waals surface area (Å²) in [6.45, 7) is 14.9. The number of aromatic hydroxyl groups is 3. The summed E-state index contributed by atoms with van der Waals surface area (Å²) in [6, 6.07) is 22.3. The lowest BCUT2D eigenvalue weighted by Crippen LogP contribution is -2.49. The van der Waals surface area contributed by atoms with Crippen LogP contribution in [0.5, 0.6) is 17.2 Å². The van der Waals surface area contributed by atoms with E-state index in [4.69, 9.17) is 48.8 Å². The molecule has 17 rings (SSSR count). The number of likely N-dealkylation sites (tertiary alicyclic amines) is 1. The number of benzene rings is 3. The number of piperazine rings is 1.